The predicted octanol–water partition coefficient (Wildman–Crippen LogP) is 2.90. The number of rotatable bonds is 6. The van der Waals surface area contributed by atoms with Crippen LogP contribution in [0, 0.1) is 6.92 Å². The zero-order chi connectivity index (χ0) is 13.7. The molecule has 19 heavy (non-hydrogen) atoms. The minimum absolute atomic E-state index is 0.421. The van der Waals surface area contributed by atoms with E-state index in [1.165, 1.54) is 25.9 Å². The molecule has 0 amide bonds. The van der Waals surface area contributed by atoms with E-state index in [2.05, 4.69) is 4.90 Å². The molecular weight excluding hydrogens is 278 g/mol. The molecule has 1 aliphatic rings. The molecule has 1 aliphatic heterocycles. The van der Waals surface area contributed by atoms with Crippen LogP contribution in [0.2, 0.25) is 0 Å². The molecule has 0 bridgehead atoms. The van der Waals surface area contributed by atoms with Crippen LogP contribution in [0.3, 0.4) is 0 Å². The first-order chi connectivity index (χ1) is 9.08. The third-order valence-electron chi connectivity index (χ3n) is 3.37. The second-order valence-corrected chi connectivity index (χ2v) is 9.04. The molecule has 1 aromatic carbocycles. The monoisotopic (exact) mass is 299 g/mol. The van der Waals surface area contributed by atoms with Crippen LogP contribution in [0.1, 0.15) is 24.8 Å². The molecule has 0 radical (unpaired) electrons. The molecular formula is C14H21NO2S2. The minimum atomic E-state index is -3.17. The van der Waals surface area contributed by atoms with Crippen LogP contribution in [-0.4, -0.2) is 38.7 Å². The van der Waals surface area contributed by atoms with Crippen LogP contribution in [0.25, 0.3) is 0 Å². The maximum Gasteiger partial charge on any atom is 0.229 e. The van der Waals surface area contributed by atoms with Crippen molar-refractivity contribution in [2.24, 2.45) is 0 Å². The van der Waals surface area contributed by atoms with Crippen molar-refractivity contribution in [1.82, 2.24) is 4.90 Å². The number of likely N-dealkylation sites (tertiary alicyclic amines) is 1. The van der Waals surface area contributed by atoms with E-state index in [-0.39, 0.29) is 0 Å². The fraction of sp³-hybridized carbons (Fsp3) is 0.571. The van der Waals surface area contributed by atoms with Gasteiger partial charge in [0.2, 0.25) is 8.87 Å². The SMILES string of the molecule is Cc1ccc(S(=O)(=O)SCCCN2CCCC2)cc1. The summed E-state index contributed by atoms with van der Waals surface area (Å²) in [5.41, 5.74) is 1.08. The van der Waals surface area contributed by atoms with Crippen LogP contribution in [0.15, 0.2) is 29.2 Å². The summed E-state index contributed by atoms with van der Waals surface area (Å²) in [4.78, 5) is 2.84. The van der Waals surface area contributed by atoms with Gasteiger partial charge in [-0.2, -0.15) is 0 Å². The lowest BCUT2D eigenvalue weighted by molar-refractivity contribution is 0.341. The van der Waals surface area contributed by atoms with Crippen LogP contribution in [-0.2, 0) is 8.87 Å². The zero-order valence-corrected chi connectivity index (χ0v) is 13.0. The van der Waals surface area contributed by atoms with E-state index in [0.29, 0.717) is 10.6 Å². The van der Waals surface area contributed by atoms with Gasteiger partial charge in [0.15, 0.2) is 0 Å². The van der Waals surface area contributed by atoms with Gasteiger partial charge in [0.25, 0.3) is 0 Å². The summed E-state index contributed by atoms with van der Waals surface area (Å²) in [6, 6.07) is 7.08. The average Bonchev–Trinajstić information content (AvgIpc) is 2.88. The molecule has 0 aliphatic carbocycles. The van der Waals surface area contributed by atoms with E-state index >= 15 is 0 Å². The van der Waals surface area contributed by atoms with E-state index in [1.807, 2.05) is 19.1 Å². The zero-order valence-electron chi connectivity index (χ0n) is 11.3. The van der Waals surface area contributed by atoms with Gasteiger partial charge in [-0.1, -0.05) is 17.7 Å². The second kappa shape index (κ2) is 6.77. The lowest BCUT2D eigenvalue weighted by atomic mass is 10.2. The molecule has 2 rings (SSSR count). The Morgan fingerprint density at radius 3 is 2.42 bits per heavy atom. The minimum Gasteiger partial charge on any atom is -0.303 e. The summed E-state index contributed by atoms with van der Waals surface area (Å²) in [6.07, 6.45) is 3.51. The van der Waals surface area contributed by atoms with Crippen LogP contribution < -0.4 is 0 Å². The third kappa shape index (κ3) is 4.51. The first kappa shape index (κ1) is 14.9. The Labute approximate surface area is 119 Å². The van der Waals surface area contributed by atoms with Crippen molar-refractivity contribution in [3.63, 3.8) is 0 Å². The number of hydrogen-bond donors (Lipinski definition) is 0. The van der Waals surface area contributed by atoms with Crippen molar-refractivity contribution in [3.05, 3.63) is 29.8 Å². The summed E-state index contributed by atoms with van der Waals surface area (Å²) in [6.45, 7) is 5.33. The molecule has 106 valence electrons. The van der Waals surface area contributed by atoms with Crippen LogP contribution in [0.4, 0.5) is 0 Å². The summed E-state index contributed by atoms with van der Waals surface area (Å²) in [5, 5.41) is 0. The summed E-state index contributed by atoms with van der Waals surface area (Å²) < 4.78 is 24.2. The molecule has 1 fully saturated rings. The Kier molecular flexibility index (Phi) is 5.30. The maximum absolute atomic E-state index is 12.1. The van der Waals surface area contributed by atoms with Gasteiger partial charge in [-0.25, -0.2) is 8.42 Å². The summed E-state index contributed by atoms with van der Waals surface area (Å²) in [7, 11) is -2.11. The quantitative estimate of drug-likeness (QED) is 0.598. The third-order valence-corrected chi connectivity index (χ3v) is 6.99. The van der Waals surface area contributed by atoms with Crippen molar-refractivity contribution in [2.75, 3.05) is 25.4 Å². The highest BCUT2D eigenvalue weighted by Crippen LogP contribution is 2.24. The van der Waals surface area contributed by atoms with Crippen LogP contribution >= 0.6 is 10.8 Å². The molecule has 5 heteroatoms. The largest absolute Gasteiger partial charge is 0.303 e. The van der Waals surface area contributed by atoms with E-state index in [4.69, 9.17) is 0 Å². The molecule has 1 saturated heterocycles. The number of aryl methyl sites for hydroxylation is 1. The fourth-order valence-electron chi connectivity index (χ4n) is 2.24. The Morgan fingerprint density at radius 2 is 1.79 bits per heavy atom. The van der Waals surface area contributed by atoms with E-state index in [0.717, 1.165) is 29.3 Å². The maximum atomic E-state index is 12.1. The highest BCUT2D eigenvalue weighted by molar-refractivity contribution is 8.72. The van der Waals surface area contributed by atoms with Gasteiger partial charge in [-0.3, -0.25) is 0 Å². The lowest BCUT2D eigenvalue weighted by Gasteiger charge is -2.13. The lowest BCUT2D eigenvalue weighted by Crippen LogP contribution is -2.20. The van der Waals surface area contributed by atoms with E-state index in [1.54, 1.807) is 12.1 Å². The number of hydrogen-bond acceptors (Lipinski definition) is 4. The van der Waals surface area contributed by atoms with Crippen molar-refractivity contribution in [1.29, 1.82) is 0 Å². The smallest absolute Gasteiger partial charge is 0.229 e. The Morgan fingerprint density at radius 1 is 1.16 bits per heavy atom. The standard InChI is InChI=1S/C14H21NO2S2/c1-13-5-7-14(8-6-13)19(16,17)18-12-4-11-15-9-2-3-10-15/h5-8H,2-4,9-12H2,1H3. The molecule has 0 spiro atoms. The topological polar surface area (TPSA) is 37.4 Å². The van der Waals surface area contributed by atoms with E-state index < -0.39 is 8.87 Å². The molecule has 0 aromatic heterocycles. The van der Waals surface area contributed by atoms with Gasteiger partial charge in [0.05, 0.1) is 4.90 Å². The average molecular weight is 299 g/mol. The van der Waals surface area contributed by atoms with Crippen molar-refractivity contribution >= 4 is 19.7 Å². The molecule has 1 heterocycles. The molecule has 1 aromatic rings. The second-order valence-electron chi connectivity index (χ2n) is 4.99. The first-order valence-electron chi connectivity index (χ1n) is 6.76. The van der Waals surface area contributed by atoms with Crippen molar-refractivity contribution in [3.8, 4) is 0 Å². The Hall–Kier alpha value is -0.520. The molecule has 0 unspecified atom stereocenters. The molecule has 0 N–H and O–H groups in total. The van der Waals surface area contributed by atoms with Gasteiger partial charge < -0.3 is 4.90 Å². The van der Waals surface area contributed by atoms with Gasteiger partial charge >= 0.3 is 0 Å². The molecule has 3 nitrogen and oxygen atoms in total. The number of nitrogens with zero attached hydrogens (tertiary/aromatic N) is 1. The Bertz CT molecular complexity index is 491. The summed E-state index contributed by atoms with van der Waals surface area (Å²) >= 11 is 0. The predicted molar refractivity (Wildman–Crippen MR) is 81.1 cm³/mol. The van der Waals surface area contributed by atoms with Crippen molar-refractivity contribution in [2.45, 2.75) is 31.1 Å². The fourth-order valence-corrected chi connectivity index (χ4v) is 5.06. The van der Waals surface area contributed by atoms with Gasteiger partial charge in [0.1, 0.15) is 0 Å². The van der Waals surface area contributed by atoms with Gasteiger partial charge in [-0.05, 0) is 68.7 Å². The normalized spacial score (nSPS) is 16.9. The highest BCUT2D eigenvalue weighted by atomic mass is 33.1. The number of benzene rings is 1. The molecule has 0 atom stereocenters. The van der Waals surface area contributed by atoms with Gasteiger partial charge in [0, 0.05) is 5.75 Å². The Balaban J connectivity index is 1.79. The van der Waals surface area contributed by atoms with Crippen molar-refractivity contribution < 1.29 is 8.42 Å². The first-order valence-corrected chi connectivity index (χ1v) is 9.75. The van der Waals surface area contributed by atoms with Gasteiger partial charge in [-0.15, -0.1) is 0 Å². The van der Waals surface area contributed by atoms with E-state index in [9.17, 15) is 8.42 Å². The highest BCUT2D eigenvalue weighted by Gasteiger charge is 2.15. The van der Waals surface area contributed by atoms with Crippen LogP contribution in [0.5, 0.6) is 0 Å². The molecule has 0 saturated carbocycles. The summed E-state index contributed by atoms with van der Waals surface area (Å²) in [5.74, 6) is 0.673.